The minimum absolute atomic E-state index is 0.0299. The molecule has 1 aromatic carbocycles. The Labute approximate surface area is 193 Å². The van der Waals surface area contributed by atoms with Crippen LogP contribution in [0.15, 0.2) is 36.4 Å². The van der Waals surface area contributed by atoms with Gasteiger partial charge >= 0.3 is 5.97 Å². The number of nitrogens with zero attached hydrogens (tertiary/aromatic N) is 5. The van der Waals surface area contributed by atoms with Gasteiger partial charge in [0.15, 0.2) is 18.1 Å². The number of nitro groups is 1. The minimum atomic E-state index is -0.835. The van der Waals surface area contributed by atoms with E-state index in [0.29, 0.717) is 36.5 Å². The van der Waals surface area contributed by atoms with Crippen molar-refractivity contribution in [3.63, 3.8) is 0 Å². The van der Waals surface area contributed by atoms with Crippen LogP contribution >= 0.6 is 11.6 Å². The number of carbonyl (C=O) groups excluding carboxylic acids is 2. The highest BCUT2D eigenvalue weighted by Gasteiger charge is 2.26. The number of aromatic nitrogens is 3. The molecule has 0 N–H and O–H groups in total. The summed E-state index contributed by atoms with van der Waals surface area (Å²) in [5.74, 6) is -0.878. The summed E-state index contributed by atoms with van der Waals surface area (Å²) in [6.45, 7) is 3.61. The molecule has 3 heterocycles. The molecular formula is C22H20ClN5O5. The Morgan fingerprint density at radius 1 is 1.21 bits per heavy atom. The first-order chi connectivity index (χ1) is 15.7. The molecule has 0 saturated heterocycles. The molecule has 0 saturated carbocycles. The molecule has 0 atom stereocenters. The number of aryl methyl sites for hydroxylation is 3. The average Bonchev–Trinajstić information content (AvgIpc) is 3.14. The van der Waals surface area contributed by atoms with Crippen molar-refractivity contribution in [3.8, 4) is 5.82 Å². The second-order valence-corrected chi connectivity index (χ2v) is 8.04. The van der Waals surface area contributed by atoms with Gasteiger partial charge in [-0.3, -0.25) is 14.9 Å². The van der Waals surface area contributed by atoms with Crippen molar-refractivity contribution in [2.45, 2.75) is 26.7 Å². The molecule has 0 aliphatic carbocycles. The summed E-state index contributed by atoms with van der Waals surface area (Å²) in [5, 5.41) is 15.5. The van der Waals surface area contributed by atoms with Gasteiger partial charge in [0.05, 0.1) is 15.6 Å². The zero-order valence-electron chi connectivity index (χ0n) is 17.9. The predicted octanol–water partition coefficient (Wildman–Crippen LogP) is 3.58. The van der Waals surface area contributed by atoms with E-state index in [2.05, 4.69) is 10.1 Å². The second kappa shape index (κ2) is 8.99. The highest BCUT2D eigenvalue weighted by molar-refractivity contribution is 6.33. The molecule has 33 heavy (non-hydrogen) atoms. The SMILES string of the molecule is Cc1cc(C)n(-c2ccc(Cl)c(C(=O)OCC(=O)N3CCCc4cc([N+](=O)[O-])ccc43)n2)n1. The topological polar surface area (TPSA) is 120 Å². The maximum atomic E-state index is 12.8. The fourth-order valence-corrected chi connectivity index (χ4v) is 3.97. The number of nitro benzene ring substituents is 1. The Morgan fingerprint density at radius 3 is 2.70 bits per heavy atom. The van der Waals surface area contributed by atoms with Gasteiger partial charge in [-0.25, -0.2) is 14.5 Å². The zero-order chi connectivity index (χ0) is 23.7. The van der Waals surface area contributed by atoms with E-state index in [1.807, 2.05) is 19.9 Å². The number of hydrogen-bond acceptors (Lipinski definition) is 7. The lowest BCUT2D eigenvalue weighted by molar-refractivity contribution is -0.384. The fraction of sp³-hybridized carbons (Fsp3) is 0.273. The number of benzene rings is 1. The molecule has 1 aliphatic heterocycles. The largest absolute Gasteiger partial charge is 0.451 e. The Balaban J connectivity index is 1.49. The summed E-state index contributed by atoms with van der Waals surface area (Å²) < 4.78 is 6.79. The maximum Gasteiger partial charge on any atom is 0.359 e. The van der Waals surface area contributed by atoms with E-state index in [9.17, 15) is 19.7 Å². The van der Waals surface area contributed by atoms with Crippen molar-refractivity contribution < 1.29 is 19.2 Å². The van der Waals surface area contributed by atoms with Gasteiger partial charge in [0.1, 0.15) is 0 Å². The monoisotopic (exact) mass is 469 g/mol. The third kappa shape index (κ3) is 4.56. The number of rotatable bonds is 5. The van der Waals surface area contributed by atoms with Crippen molar-refractivity contribution >= 4 is 34.9 Å². The molecule has 3 aromatic rings. The standard InChI is InChI=1S/C22H20ClN5O5/c1-13-10-14(2)27(25-13)19-8-6-17(23)21(24-19)22(30)33-12-20(29)26-9-3-4-15-11-16(28(31)32)5-7-18(15)26/h5-8,10-11H,3-4,9,12H2,1-2H3. The van der Waals surface area contributed by atoms with Crippen LogP contribution in [-0.2, 0) is 16.0 Å². The summed E-state index contributed by atoms with van der Waals surface area (Å²) in [6, 6.07) is 9.39. The van der Waals surface area contributed by atoms with Gasteiger partial charge in [-0.1, -0.05) is 11.6 Å². The number of hydrogen-bond donors (Lipinski definition) is 0. The lowest BCUT2D eigenvalue weighted by Crippen LogP contribution is -2.38. The number of ether oxygens (including phenoxy) is 1. The molecule has 0 bridgehead atoms. The first-order valence-electron chi connectivity index (χ1n) is 10.2. The number of anilines is 1. The van der Waals surface area contributed by atoms with E-state index in [1.54, 1.807) is 16.8 Å². The number of amides is 1. The van der Waals surface area contributed by atoms with E-state index in [0.717, 1.165) is 11.4 Å². The minimum Gasteiger partial charge on any atom is -0.451 e. The molecule has 170 valence electrons. The fourth-order valence-electron chi connectivity index (χ4n) is 3.78. The van der Waals surface area contributed by atoms with Crippen molar-refractivity contribution in [2.24, 2.45) is 0 Å². The first-order valence-corrected chi connectivity index (χ1v) is 10.6. The third-order valence-corrected chi connectivity index (χ3v) is 5.58. The van der Waals surface area contributed by atoms with E-state index >= 15 is 0 Å². The molecule has 10 nitrogen and oxygen atoms in total. The Morgan fingerprint density at radius 2 is 2.00 bits per heavy atom. The molecule has 0 fully saturated rings. The summed E-state index contributed by atoms with van der Waals surface area (Å²) in [7, 11) is 0. The molecule has 4 rings (SSSR count). The van der Waals surface area contributed by atoms with Crippen molar-refractivity contribution in [3.05, 3.63) is 74.2 Å². The maximum absolute atomic E-state index is 12.8. The lowest BCUT2D eigenvalue weighted by atomic mass is 10.0. The smallest absolute Gasteiger partial charge is 0.359 e. The van der Waals surface area contributed by atoms with Crippen molar-refractivity contribution in [1.29, 1.82) is 0 Å². The van der Waals surface area contributed by atoms with Gasteiger partial charge < -0.3 is 9.64 Å². The second-order valence-electron chi connectivity index (χ2n) is 7.63. The van der Waals surface area contributed by atoms with Gasteiger partial charge in [0.2, 0.25) is 0 Å². The molecule has 2 aromatic heterocycles. The molecule has 1 aliphatic rings. The number of halogens is 1. The van der Waals surface area contributed by atoms with Crippen LogP contribution in [0.2, 0.25) is 5.02 Å². The van der Waals surface area contributed by atoms with Gasteiger partial charge in [-0.15, -0.1) is 0 Å². The summed E-state index contributed by atoms with van der Waals surface area (Å²) >= 11 is 6.15. The third-order valence-electron chi connectivity index (χ3n) is 5.27. The van der Waals surface area contributed by atoms with Crippen LogP contribution in [-0.4, -0.2) is 44.7 Å². The first kappa shape index (κ1) is 22.4. The number of carbonyl (C=O) groups is 2. The quantitative estimate of drug-likeness (QED) is 0.318. The Hall–Kier alpha value is -3.79. The van der Waals surface area contributed by atoms with Crippen molar-refractivity contribution in [2.75, 3.05) is 18.1 Å². The Bertz CT molecular complexity index is 1270. The highest BCUT2D eigenvalue weighted by Crippen LogP contribution is 2.30. The van der Waals surface area contributed by atoms with Gasteiger partial charge in [0, 0.05) is 30.1 Å². The molecule has 0 spiro atoms. The van der Waals surface area contributed by atoms with Crippen LogP contribution in [0.25, 0.3) is 5.82 Å². The molecule has 11 heteroatoms. The van der Waals surface area contributed by atoms with E-state index in [4.69, 9.17) is 16.3 Å². The molecule has 0 unspecified atom stereocenters. The van der Waals surface area contributed by atoms with Crippen LogP contribution in [0.5, 0.6) is 0 Å². The Kier molecular flexibility index (Phi) is 6.10. The van der Waals surface area contributed by atoms with Crippen LogP contribution in [0, 0.1) is 24.0 Å². The number of fused-ring (bicyclic) bond motifs is 1. The normalized spacial score (nSPS) is 12.9. The molecular weight excluding hydrogens is 450 g/mol. The zero-order valence-corrected chi connectivity index (χ0v) is 18.7. The van der Waals surface area contributed by atoms with Gasteiger partial charge in [0.25, 0.3) is 11.6 Å². The van der Waals surface area contributed by atoms with Crippen LogP contribution in [0.3, 0.4) is 0 Å². The summed E-state index contributed by atoms with van der Waals surface area (Å²) in [5.41, 5.74) is 2.77. The molecule has 1 amide bonds. The summed E-state index contributed by atoms with van der Waals surface area (Å²) in [4.78, 5) is 41.7. The van der Waals surface area contributed by atoms with E-state index in [-0.39, 0.29) is 16.4 Å². The van der Waals surface area contributed by atoms with Crippen LogP contribution < -0.4 is 4.90 Å². The lowest BCUT2D eigenvalue weighted by Gasteiger charge is -2.29. The van der Waals surface area contributed by atoms with E-state index < -0.39 is 23.4 Å². The number of esters is 1. The number of non-ortho nitro benzene ring substituents is 1. The number of pyridine rings is 1. The predicted molar refractivity (Wildman–Crippen MR) is 120 cm³/mol. The van der Waals surface area contributed by atoms with Gasteiger partial charge in [-0.05, 0) is 56.5 Å². The average molecular weight is 470 g/mol. The summed E-state index contributed by atoms with van der Waals surface area (Å²) in [6.07, 6.45) is 1.27. The van der Waals surface area contributed by atoms with Crippen molar-refractivity contribution in [1.82, 2.24) is 14.8 Å². The van der Waals surface area contributed by atoms with Crippen LogP contribution in [0.4, 0.5) is 11.4 Å². The van der Waals surface area contributed by atoms with E-state index in [1.165, 1.54) is 23.1 Å². The highest BCUT2D eigenvalue weighted by atomic mass is 35.5. The van der Waals surface area contributed by atoms with Gasteiger partial charge in [-0.2, -0.15) is 5.10 Å². The molecule has 0 radical (unpaired) electrons. The van der Waals surface area contributed by atoms with Crippen LogP contribution in [0.1, 0.15) is 33.9 Å².